The average molecular weight is 377 g/mol. The van der Waals surface area contributed by atoms with E-state index in [2.05, 4.69) is 10.3 Å². The summed E-state index contributed by atoms with van der Waals surface area (Å²) in [6.45, 7) is 2.25. The largest absolute Gasteiger partial charge is 0.487 e. The number of carbonyl (C=O) groups excluding carboxylic acids is 1. The van der Waals surface area contributed by atoms with Crippen LogP contribution in [-0.2, 0) is 6.61 Å². The SMILES string of the molecule is Cc1nc(COc2cccc(C(=O)Nc3ccc(Cl)cc3F)c2)cs1. The van der Waals surface area contributed by atoms with E-state index in [-0.39, 0.29) is 10.7 Å². The minimum atomic E-state index is -0.591. The normalized spacial score (nSPS) is 10.5. The molecule has 0 bridgehead atoms. The Hall–Kier alpha value is -2.44. The summed E-state index contributed by atoms with van der Waals surface area (Å²) in [5.74, 6) is -0.488. The summed E-state index contributed by atoms with van der Waals surface area (Å²) in [7, 11) is 0. The van der Waals surface area contributed by atoms with E-state index in [9.17, 15) is 9.18 Å². The Bertz CT molecular complexity index is 914. The number of aromatic nitrogens is 1. The van der Waals surface area contributed by atoms with E-state index in [0.717, 1.165) is 16.8 Å². The molecule has 25 heavy (non-hydrogen) atoms. The number of hydrogen-bond acceptors (Lipinski definition) is 4. The van der Waals surface area contributed by atoms with Gasteiger partial charge in [0.05, 0.1) is 16.4 Å². The van der Waals surface area contributed by atoms with Crippen LogP contribution in [-0.4, -0.2) is 10.9 Å². The molecule has 0 aliphatic carbocycles. The van der Waals surface area contributed by atoms with E-state index in [0.29, 0.717) is 17.9 Å². The Kier molecular flexibility index (Phi) is 5.31. The Labute approximate surface area is 153 Å². The maximum absolute atomic E-state index is 13.8. The van der Waals surface area contributed by atoms with E-state index in [1.165, 1.54) is 12.1 Å². The molecule has 7 heteroatoms. The molecule has 0 fully saturated rings. The van der Waals surface area contributed by atoms with Gasteiger partial charge in [-0.1, -0.05) is 17.7 Å². The van der Waals surface area contributed by atoms with E-state index < -0.39 is 11.7 Å². The molecule has 128 valence electrons. The third-order valence-electron chi connectivity index (χ3n) is 3.33. The zero-order valence-corrected chi connectivity index (χ0v) is 14.8. The summed E-state index contributed by atoms with van der Waals surface area (Å²) in [5, 5.41) is 5.68. The summed E-state index contributed by atoms with van der Waals surface area (Å²) < 4.78 is 19.4. The fourth-order valence-corrected chi connectivity index (χ4v) is 2.90. The number of anilines is 1. The van der Waals surface area contributed by atoms with Crippen molar-refractivity contribution in [2.24, 2.45) is 0 Å². The second kappa shape index (κ2) is 7.63. The predicted octanol–water partition coefficient (Wildman–Crippen LogP) is 5.08. The highest BCUT2D eigenvalue weighted by Gasteiger charge is 2.11. The number of nitrogens with one attached hydrogen (secondary N) is 1. The lowest BCUT2D eigenvalue weighted by atomic mass is 10.2. The summed E-state index contributed by atoms with van der Waals surface area (Å²) in [5.41, 5.74) is 1.26. The molecule has 1 N–H and O–H groups in total. The molecule has 4 nitrogen and oxygen atoms in total. The Morgan fingerprint density at radius 1 is 1.32 bits per heavy atom. The fourth-order valence-electron chi connectivity index (χ4n) is 2.14. The number of nitrogens with zero attached hydrogens (tertiary/aromatic N) is 1. The molecular formula is C18H14ClFN2O2S. The van der Waals surface area contributed by atoms with Crippen LogP contribution < -0.4 is 10.1 Å². The van der Waals surface area contributed by atoms with Gasteiger partial charge in [-0.25, -0.2) is 9.37 Å². The molecule has 0 unspecified atom stereocenters. The number of amides is 1. The number of hydrogen-bond donors (Lipinski definition) is 1. The van der Waals surface area contributed by atoms with Crippen LogP contribution in [0, 0.1) is 12.7 Å². The topological polar surface area (TPSA) is 51.2 Å². The molecule has 0 saturated carbocycles. The van der Waals surface area contributed by atoms with Crippen molar-refractivity contribution in [3.63, 3.8) is 0 Å². The van der Waals surface area contributed by atoms with Gasteiger partial charge in [0, 0.05) is 16.0 Å². The van der Waals surface area contributed by atoms with Gasteiger partial charge in [0.25, 0.3) is 5.91 Å². The smallest absolute Gasteiger partial charge is 0.255 e. The first-order chi connectivity index (χ1) is 12.0. The fraction of sp³-hybridized carbons (Fsp3) is 0.111. The van der Waals surface area contributed by atoms with Gasteiger partial charge in [0.2, 0.25) is 0 Å². The maximum Gasteiger partial charge on any atom is 0.255 e. The van der Waals surface area contributed by atoms with Gasteiger partial charge in [-0.2, -0.15) is 0 Å². The van der Waals surface area contributed by atoms with Crippen LogP contribution in [0.15, 0.2) is 47.8 Å². The lowest BCUT2D eigenvalue weighted by Crippen LogP contribution is -2.13. The van der Waals surface area contributed by atoms with Crippen molar-refractivity contribution in [1.29, 1.82) is 0 Å². The van der Waals surface area contributed by atoms with E-state index in [1.807, 2.05) is 12.3 Å². The molecule has 2 aromatic carbocycles. The highest BCUT2D eigenvalue weighted by Crippen LogP contribution is 2.21. The molecule has 1 amide bonds. The van der Waals surface area contributed by atoms with Crippen molar-refractivity contribution in [2.45, 2.75) is 13.5 Å². The van der Waals surface area contributed by atoms with Gasteiger partial charge in [-0.05, 0) is 43.3 Å². The van der Waals surface area contributed by atoms with E-state index >= 15 is 0 Å². The molecule has 1 aromatic heterocycles. The minimum absolute atomic E-state index is 0.0682. The van der Waals surface area contributed by atoms with Gasteiger partial charge in [0.15, 0.2) is 0 Å². The van der Waals surface area contributed by atoms with Gasteiger partial charge < -0.3 is 10.1 Å². The Morgan fingerprint density at radius 2 is 2.16 bits per heavy atom. The number of carbonyl (C=O) groups is 1. The first kappa shape index (κ1) is 17.4. The standard InChI is InChI=1S/C18H14ClFN2O2S/c1-11-21-14(10-25-11)9-24-15-4-2-3-12(7-15)18(23)22-17-6-5-13(19)8-16(17)20/h2-8,10H,9H2,1H3,(H,22,23). The van der Waals surface area contributed by atoms with Crippen molar-refractivity contribution in [1.82, 2.24) is 4.98 Å². The molecule has 3 rings (SSSR count). The lowest BCUT2D eigenvalue weighted by molar-refractivity contribution is 0.102. The number of halogens is 2. The molecule has 0 aliphatic rings. The van der Waals surface area contributed by atoms with Gasteiger partial charge >= 0.3 is 0 Å². The molecule has 0 aliphatic heterocycles. The van der Waals surface area contributed by atoms with Crippen LogP contribution in [0.4, 0.5) is 10.1 Å². The minimum Gasteiger partial charge on any atom is -0.487 e. The van der Waals surface area contributed by atoms with Gasteiger partial charge in [-0.15, -0.1) is 11.3 Å². The molecule has 3 aromatic rings. The van der Waals surface area contributed by atoms with Crippen molar-refractivity contribution in [3.05, 3.63) is 74.9 Å². The second-order valence-electron chi connectivity index (χ2n) is 5.25. The lowest BCUT2D eigenvalue weighted by Gasteiger charge is -2.09. The molecule has 0 spiro atoms. The Balaban J connectivity index is 1.68. The number of ether oxygens (including phenoxy) is 1. The maximum atomic E-state index is 13.8. The van der Waals surface area contributed by atoms with E-state index in [1.54, 1.807) is 35.6 Å². The van der Waals surface area contributed by atoms with Crippen molar-refractivity contribution in [2.75, 3.05) is 5.32 Å². The molecule has 1 heterocycles. The third-order valence-corrected chi connectivity index (χ3v) is 4.39. The van der Waals surface area contributed by atoms with Crippen LogP contribution in [0.1, 0.15) is 21.1 Å². The van der Waals surface area contributed by atoms with E-state index in [4.69, 9.17) is 16.3 Å². The monoisotopic (exact) mass is 376 g/mol. The zero-order chi connectivity index (χ0) is 17.8. The number of thiazole rings is 1. The quantitative estimate of drug-likeness (QED) is 0.675. The van der Waals surface area contributed by atoms with Gasteiger partial charge in [0.1, 0.15) is 18.2 Å². The van der Waals surface area contributed by atoms with Crippen molar-refractivity contribution in [3.8, 4) is 5.75 Å². The zero-order valence-electron chi connectivity index (χ0n) is 13.3. The Morgan fingerprint density at radius 3 is 2.88 bits per heavy atom. The first-order valence-corrected chi connectivity index (χ1v) is 8.67. The van der Waals surface area contributed by atoms with Crippen LogP contribution in [0.3, 0.4) is 0 Å². The molecule has 0 radical (unpaired) electrons. The summed E-state index contributed by atoms with van der Waals surface area (Å²) in [4.78, 5) is 16.6. The highest BCUT2D eigenvalue weighted by molar-refractivity contribution is 7.09. The number of aryl methyl sites for hydroxylation is 1. The van der Waals surface area contributed by atoms with Crippen LogP contribution in [0.5, 0.6) is 5.75 Å². The third kappa shape index (κ3) is 4.55. The summed E-state index contributed by atoms with van der Waals surface area (Å²) in [6, 6.07) is 10.8. The molecule has 0 saturated heterocycles. The average Bonchev–Trinajstić information content (AvgIpc) is 3.01. The van der Waals surface area contributed by atoms with Gasteiger partial charge in [-0.3, -0.25) is 4.79 Å². The summed E-state index contributed by atoms with van der Waals surface area (Å²) >= 11 is 7.26. The van der Waals surface area contributed by atoms with Crippen LogP contribution in [0.2, 0.25) is 5.02 Å². The van der Waals surface area contributed by atoms with Crippen LogP contribution in [0.25, 0.3) is 0 Å². The highest BCUT2D eigenvalue weighted by atomic mass is 35.5. The second-order valence-corrected chi connectivity index (χ2v) is 6.75. The van der Waals surface area contributed by atoms with Crippen molar-refractivity contribution >= 4 is 34.5 Å². The van der Waals surface area contributed by atoms with Crippen molar-refractivity contribution < 1.29 is 13.9 Å². The first-order valence-electron chi connectivity index (χ1n) is 7.41. The predicted molar refractivity (Wildman–Crippen MR) is 97.0 cm³/mol. The van der Waals surface area contributed by atoms with Crippen LogP contribution >= 0.6 is 22.9 Å². The number of benzene rings is 2. The molecule has 0 atom stereocenters. The number of rotatable bonds is 5. The molecular weight excluding hydrogens is 363 g/mol. The summed E-state index contributed by atoms with van der Waals surface area (Å²) in [6.07, 6.45) is 0.